The maximum atomic E-state index is 12.0. The van der Waals surface area contributed by atoms with Gasteiger partial charge in [-0.1, -0.05) is 0 Å². The lowest BCUT2D eigenvalue weighted by Crippen LogP contribution is -2.21. The van der Waals surface area contributed by atoms with Crippen molar-refractivity contribution in [2.45, 2.75) is 26.2 Å². The lowest BCUT2D eigenvalue weighted by Gasteiger charge is -2.11. The largest absolute Gasteiger partial charge is 0.497 e. The van der Waals surface area contributed by atoms with E-state index in [2.05, 4.69) is 10.6 Å². The zero-order chi connectivity index (χ0) is 23.3. The highest BCUT2D eigenvalue weighted by atomic mass is 16.5. The molecule has 172 valence electrons. The molecule has 0 aliphatic heterocycles. The van der Waals surface area contributed by atoms with E-state index in [1.165, 1.54) is 14.2 Å². The summed E-state index contributed by atoms with van der Waals surface area (Å²) in [7, 11) is 2.99. The average molecular weight is 444 g/mol. The van der Waals surface area contributed by atoms with E-state index in [1.54, 1.807) is 42.5 Å². The molecule has 2 N–H and O–H groups in total. The average Bonchev–Trinajstić information content (AvgIpc) is 2.79. The van der Waals surface area contributed by atoms with E-state index in [9.17, 15) is 14.4 Å². The first-order valence-corrected chi connectivity index (χ1v) is 10.1. The Balaban J connectivity index is 1.67. The van der Waals surface area contributed by atoms with Crippen LogP contribution in [0.1, 0.15) is 26.2 Å². The number of esters is 1. The number of hydrogen-bond donors (Lipinski definition) is 2. The summed E-state index contributed by atoms with van der Waals surface area (Å²) < 4.78 is 20.6. The number of ether oxygens (including phenoxy) is 4. The minimum Gasteiger partial charge on any atom is -0.497 e. The molecule has 0 fully saturated rings. The summed E-state index contributed by atoms with van der Waals surface area (Å²) in [5.74, 6) is 0.445. The monoisotopic (exact) mass is 444 g/mol. The molecule has 2 rings (SSSR count). The lowest BCUT2D eigenvalue weighted by atomic mass is 10.2. The van der Waals surface area contributed by atoms with Crippen LogP contribution in [0.3, 0.4) is 0 Å². The number of carbonyl (C=O) groups is 3. The second-order valence-corrected chi connectivity index (χ2v) is 6.63. The predicted octanol–water partition coefficient (Wildman–Crippen LogP) is 3.39. The van der Waals surface area contributed by atoms with Gasteiger partial charge in [-0.25, -0.2) is 0 Å². The minimum atomic E-state index is -0.560. The highest BCUT2D eigenvalue weighted by molar-refractivity contribution is 5.94. The molecular weight excluding hydrogens is 416 g/mol. The first-order valence-electron chi connectivity index (χ1n) is 10.1. The zero-order valence-corrected chi connectivity index (χ0v) is 18.4. The van der Waals surface area contributed by atoms with Crippen LogP contribution in [0.5, 0.6) is 17.2 Å². The fraction of sp³-hybridized carbons (Fsp3) is 0.348. The molecule has 0 saturated carbocycles. The maximum Gasteiger partial charge on any atom is 0.306 e. The molecule has 9 heteroatoms. The number of nitrogens with one attached hydrogen (secondary N) is 2. The molecule has 0 saturated heterocycles. The summed E-state index contributed by atoms with van der Waals surface area (Å²) in [4.78, 5) is 35.9. The van der Waals surface area contributed by atoms with Crippen molar-refractivity contribution in [1.82, 2.24) is 0 Å². The van der Waals surface area contributed by atoms with Gasteiger partial charge in [0.05, 0.1) is 26.5 Å². The number of anilines is 2. The Morgan fingerprint density at radius 3 is 2.22 bits per heavy atom. The molecule has 0 atom stereocenters. The van der Waals surface area contributed by atoms with Crippen LogP contribution in [-0.2, 0) is 19.1 Å². The molecule has 32 heavy (non-hydrogen) atoms. The van der Waals surface area contributed by atoms with Crippen LogP contribution in [0.25, 0.3) is 0 Å². The summed E-state index contributed by atoms with van der Waals surface area (Å²) in [5, 5.41) is 5.36. The maximum absolute atomic E-state index is 12.0. The van der Waals surface area contributed by atoms with Gasteiger partial charge in [-0.05, 0) is 49.7 Å². The Bertz CT molecular complexity index is 913. The Kier molecular flexibility index (Phi) is 9.83. The van der Waals surface area contributed by atoms with Gasteiger partial charge in [0.1, 0.15) is 17.2 Å². The van der Waals surface area contributed by atoms with Crippen molar-refractivity contribution in [3.8, 4) is 17.2 Å². The first kappa shape index (κ1) is 24.5. The first-order chi connectivity index (χ1) is 15.4. The van der Waals surface area contributed by atoms with Crippen LogP contribution in [-0.4, -0.2) is 45.2 Å². The van der Waals surface area contributed by atoms with Crippen LogP contribution in [0, 0.1) is 0 Å². The van der Waals surface area contributed by atoms with E-state index in [0.717, 1.165) is 5.75 Å². The van der Waals surface area contributed by atoms with Gasteiger partial charge < -0.3 is 29.6 Å². The molecule has 0 bridgehead atoms. The Hall–Kier alpha value is -3.75. The van der Waals surface area contributed by atoms with Crippen LogP contribution < -0.4 is 24.8 Å². The summed E-state index contributed by atoms with van der Waals surface area (Å²) in [6.07, 6.45) is 0.475. The van der Waals surface area contributed by atoms with Gasteiger partial charge in [0.25, 0.3) is 5.91 Å². The fourth-order valence-corrected chi connectivity index (χ4v) is 2.72. The van der Waals surface area contributed by atoms with E-state index < -0.39 is 18.5 Å². The molecule has 0 heterocycles. The van der Waals surface area contributed by atoms with Crippen molar-refractivity contribution in [2.24, 2.45) is 0 Å². The third-order valence-electron chi connectivity index (χ3n) is 4.28. The second kappa shape index (κ2) is 12.8. The van der Waals surface area contributed by atoms with Gasteiger partial charge in [-0.2, -0.15) is 0 Å². The van der Waals surface area contributed by atoms with Gasteiger partial charge >= 0.3 is 5.97 Å². The van der Waals surface area contributed by atoms with Crippen molar-refractivity contribution in [3.63, 3.8) is 0 Å². The van der Waals surface area contributed by atoms with E-state index in [1.807, 2.05) is 6.92 Å². The van der Waals surface area contributed by atoms with Crippen molar-refractivity contribution in [1.29, 1.82) is 0 Å². The van der Waals surface area contributed by atoms with E-state index in [-0.39, 0.29) is 18.7 Å². The molecule has 0 aromatic heterocycles. The number of carbonyl (C=O) groups excluding carboxylic acids is 3. The normalized spacial score (nSPS) is 10.1. The number of amides is 2. The molecule has 2 aromatic carbocycles. The Morgan fingerprint density at radius 2 is 1.56 bits per heavy atom. The molecule has 0 aliphatic carbocycles. The number of methoxy groups -OCH3 is 2. The summed E-state index contributed by atoms with van der Waals surface area (Å²) in [6, 6.07) is 11.9. The summed E-state index contributed by atoms with van der Waals surface area (Å²) in [5.41, 5.74) is 1.08. The molecular formula is C23H28N2O7. The summed E-state index contributed by atoms with van der Waals surface area (Å²) in [6.45, 7) is 2.02. The predicted molar refractivity (Wildman–Crippen MR) is 119 cm³/mol. The summed E-state index contributed by atoms with van der Waals surface area (Å²) >= 11 is 0. The molecule has 0 unspecified atom stereocenters. The van der Waals surface area contributed by atoms with Crippen LogP contribution in [0.2, 0.25) is 0 Å². The molecule has 0 radical (unpaired) electrons. The van der Waals surface area contributed by atoms with Gasteiger partial charge in [-0.15, -0.1) is 0 Å². The molecule has 9 nitrogen and oxygen atoms in total. The van der Waals surface area contributed by atoms with E-state index in [4.69, 9.17) is 18.9 Å². The quantitative estimate of drug-likeness (QED) is 0.483. The van der Waals surface area contributed by atoms with Crippen LogP contribution in [0.4, 0.5) is 11.4 Å². The Labute approximate surface area is 187 Å². The SMILES string of the molecule is CCOc1ccc(NC(=O)CCCC(=O)OCC(=O)Nc2ccc(OC)cc2OC)cc1. The molecule has 0 aliphatic rings. The van der Waals surface area contributed by atoms with Crippen LogP contribution in [0.15, 0.2) is 42.5 Å². The van der Waals surface area contributed by atoms with Gasteiger partial charge in [-0.3, -0.25) is 14.4 Å². The molecule has 2 aromatic rings. The number of benzene rings is 2. The topological polar surface area (TPSA) is 112 Å². The van der Waals surface area contributed by atoms with Crippen molar-refractivity contribution >= 4 is 29.2 Å². The second-order valence-electron chi connectivity index (χ2n) is 6.63. The lowest BCUT2D eigenvalue weighted by molar-refractivity contribution is -0.147. The Morgan fingerprint density at radius 1 is 0.844 bits per heavy atom. The highest BCUT2D eigenvalue weighted by Crippen LogP contribution is 2.28. The third kappa shape index (κ3) is 8.17. The minimum absolute atomic E-state index is 0.0236. The number of hydrogen-bond acceptors (Lipinski definition) is 7. The third-order valence-corrected chi connectivity index (χ3v) is 4.28. The molecule has 2 amide bonds. The fourth-order valence-electron chi connectivity index (χ4n) is 2.72. The van der Waals surface area contributed by atoms with Gasteiger partial charge in [0.2, 0.25) is 5.91 Å². The van der Waals surface area contributed by atoms with Crippen molar-refractivity contribution in [2.75, 3.05) is 38.1 Å². The van der Waals surface area contributed by atoms with Crippen molar-refractivity contribution < 1.29 is 33.3 Å². The highest BCUT2D eigenvalue weighted by Gasteiger charge is 2.12. The van der Waals surface area contributed by atoms with Crippen molar-refractivity contribution in [3.05, 3.63) is 42.5 Å². The van der Waals surface area contributed by atoms with Gasteiger partial charge in [0.15, 0.2) is 6.61 Å². The number of rotatable bonds is 12. The van der Waals surface area contributed by atoms with E-state index in [0.29, 0.717) is 35.9 Å². The zero-order valence-electron chi connectivity index (χ0n) is 18.4. The van der Waals surface area contributed by atoms with E-state index >= 15 is 0 Å². The standard InChI is InChI=1S/C23H28N2O7/c1-4-31-17-10-8-16(9-11-17)24-21(26)6-5-7-23(28)32-15-22(27)25-19-13-12-18(29-2)14-20(19)30-3/h8-14H,4-7,15H2,1-3H3,(H,24,26)(H,25,27). The van der Waals surface area contributed by atoms with Crippen LogP contribution >= 0.6 is 0 Å². The van der Waals surface area contributed by atoms with Gasteiger partial charge in [0, 0.05) is 24.6 Å². The molecule has 0 spiro atoms. The smallest absolute Gasteiger partial charge is 0.306 e.